The Kier molecular flexibility index (Phi) is 7.39. The van der Waals surface area contributed by atoms with Gasteiger partial charge < -0.3 is 5.32 Å². The molecule has 0 atom stereocenters. The number of anilines is 2. The number of hydrogen-bond acceptors (Lipinski definition) is 1. The smallest absolute Gasteiger partial charge is 0.0463 e. The summed E-state index contributed by atoms with van der Waals surface area (Å²) in [6.07, 6.45) is 0. The summed E-state index contributed by atoms with van der Waals surface area (Å²) in [5.74, 6) is 0. The third-order valence-corrected chi connectivity index (χ3v) is 9.87. The normalized spacial score (nSPS) is 12.6. The second-order valence-electron chi connectivity index (χ2n) is 13.2. The fourth-order valence-electron chi connectivity index (χ4n) is 7.14. The van der Waals surface area contributed by atoms with E-state index in [0.717, 1.165) is 28.1 Å². The first-order chi connectivity index (χ1) is 23.5. The van der Waals surface area contributed by atoms with Crippen LogP contribution in [0.15, 0.2) is 176 Å². The first-order valence-electron chi connectivity index (χ1n) is 16.6. The molecule has 1 aliphatic carbocycles. The van der Waals surface area contributed by atoms with E-state index in [0.29, 0.717) is 0 Å². The van der Waals surface area contributed by atoms with Crippen molar-refractivity contribution in [2.45, 2.75) is 19.3 Å². The summed E-state index contributed by atoms with van der Waals surface area (Å²) < 4.78 is 0. The third-order valence-electron chi connectivity index (χ3n) is 9.87. The molecule has 0 unspecified atom stereocenters. The molecule has 48 heavy (non-hydrogen) atoms. The Balaban J connectivity index is 1.03. The summed E-state index contributed by atoms with van der Waals surface area (Å²) in [6, 6.07) is 60.9. The molecule has 1 nitrogen and oxygen atoms in total. The highest BCUT2D eigenvalue weighted by Gasteiger charge is 2.36. The molecule has 0 heterocycles. The van der Waals surface area contributed by atoms with Crippen molar-refractivity contribution in [1.82, 2.24) is 0 Å². The van der Waals surface area contributed by atoms with Crippen molar-refractivity contribution in [3.63, 3.8) is 0 Å². The van der Waals surface area contributed by atoms with Gasteiger partial charge in [0.1, 0.15) is 0 Å². The van der Waals surface area contributed by atoms with E-state index < -0.39 is 0 Å². The van der Waals surface area contributed by atoms with Crippen LogP contribution < -0.4 is 5.32 Å². The van der Waals surface area contributed by atoms with Gasteiger partial charge in [0, 0.05) is 22.4 Å². The summed E-state index contributed by atoms with van der Waals surface area (Å²) in [5.41, 5.74) is 17.9. The van der Waals surface area contributed by atoms with Crippen LogP contribution in [0.3, 0.4) is 0 Å². The minimum Gasteiger partial charge on any atom is -0.355 e. The lowest BCUT2D eigenvalue weighted by atomic mass is 9.81. The molecule has 8 rings (SSSR count). The van der Waals surface area contributed by atoms with E-state index in [4.69, 9.17) is 0 Å². The molecule has 7 aromatic rings. The Morgan fingerprint density at radius 1 is 0.438 bits per heavy atom. The van der Waals surface area contributed by atoms with Crippen molar-refractivity contribution in [1.29, 1.82) is 0 Å². The second-order valence-corrected chi connectivity index (χ2v) is 13.2. The fourth-order valence-corrected chi connectivity index (χ4v) is 7.14. The maximum atomic E-state index is 4.55. The lowest BCUT2D eigenvalue weighted by Gasteiger charge is -2.23. The monoisotopic (exact) mass is 615 g/mol. The number of benzene rings is 7. The molecule has 0 aliphatic heterocycles. The lowest BCUT2D eigenvalue weighted by molar-refractivity contribution is 0.660. The van der Waals surface area contributed by atoms with Gasteiger partial charge >= 0.3 is 0 Å². The van der Waals surface area contributed by atoms with Gasteiger partial charge in [0.15, 0.2) is 0 Å². The molecule has 0 bridgehead atoms. The van der Waals surface area contributed by atoms with Gasteiger partial charge in [-0.05, 0) is 91.0 Å². The Morgan fingerprint density at radius 2 is 0.917 bits per heavy atom. The summed E-state index contributed by atoms with van der Waals surface area (Å²) in [5, 5.41) is 3.73. The van der Waals surface area contributed by atoms with E-state index in [9.17, 15) is 0 Å². The van der Waals surface area contributed by atoms with E-state index in [2.05, 4.69) is 196 Å². The van der Waals surface area contributed by atoms with Crippen LogP contribution in [0.2, 0.25) is 0 Å². The molecule has 0 saturated carbocycles. The van der Waals surface area contributed by atoms with Crippen LogP contribution in [0, 0.1) is 0 Å². The van der Waals surface area contributed by atoms with Crippen LogP contribution in [0.1, 0.15) is 36.1 Å². The molecular formula is C47H37N. The van der Waals surface area contributed by atoms with Gasteiger partial charge in [-0.3, -0.25) is 0 Å². The second kappa shape index (κ2) is 12.0. The predicted octanol–water partition coefficient (Wildman–Crippen LogP) is 12.8. The highest BCUT2D eigenvalue weighted by molar-refractivity contribution is 5.88. The number of rotatable bonds is 7. The topological polar surface area (TPSA) is 12.0 Å². The molecule has 0 aromatic heterocycles. The lowest BCUT2D eigenvalue weighted by Crippen LogP contribution is -2.15. The van der Waals surface area contributed by atoms with Crippen molar-refractivity contribution in [3.8, 4) is 44.5 Å². The quantitative estimate of drug-likeness (QED) is 0.188. The Morgan fingerprint density at radius 3 is 1.56 bits per heavy atom. The van der Waals surface area contributed by atoms with E-state index >= 15 is 0 Å². The van der Waals surface area contributed by atoms with Crippen LogP contribution in [0.5, 0.6) is 0 Å². The van der Waals surface area contributed by atoms with Crippen molar-refractivity contribution in [2.24, 2.45) is 0 Å². The minimum atomic E-state index is -0.145. The molecule has 7 aromatic carbocycles. The van der Waals surface area contributed by atoms with Crippen molar-refractivity contribution < 1.29 is 0 Å². The standard InChI is InChI=1S/C47H37N/c1-32(33-18-20-36(21-19-33)37-24-22-35(23-25-37)34-12-6-4-7-13-34)39-26-28-42-43-29-27-40(31-45(43)47(2,3)44(42)30-39)48-46-17-11-10-16-41(46)38-14-8-5-9-15-38/h4-31,48H,1H2,2-3H3. The molecule has 0 fully saturated rings. The van der Waals surface area contributed by atoms with E-state index in [-0.39, 0.29) is 5.41 Å². The zero-order valence-corrected chi connectivity index (χ0v) is 27.4. The maximum absolute atomic E-state index is 4.55. The Hall–Kier alpha value is -5.92. The van der Waals surface area contributed by atoms with Crippen LogP contribution in [0.4, 0.5) is 11.4 Å². The SMILES string of the molecule is C=C(c1ccc(-c2ccc(-c3ccccc3)cc2)cc1)c1ccc2c(c1)C(C)(C)c1cc(Nc3ccccc3-c3ccccc3)ccc1-2. The first-order valence-corrected chi connectivity index (χ1v) is 16.6. The zero-order chi connectivity index (χ0) is 32.7. The van der Waals surface area contributed by atoms with E-state index in [1.165, 1.54) is 55.6 Å². The molecule has 0 amide bonds. The summed E-state index contributed by atoms with van der Waals surface area (Å²) in [4.78, 5) is 0. The third kappa shape index (κ3) is 5.34. The number of hydrogen-bond donors (Lipinski definition) is 1. The molecule has 1 aliphatic rings. The highest BCUT2D eigenvalue weighted by Crippen LogP contribution is 2.50. The van der Waals surface area contributed by atoms with E-state index in [1.807, 2.05) is 0 Å². The molecule has 1 N–H and O–H groups in total. The molecule has 230 valence electrons. The van der Waals surface area contributed by atoms with Gasteiger partial charge in [0.2, 0.25) is 0 Å². The van der Waals surface area contributed by atoms with Gasteiger partial charge in [-0.1, -0.05) is 166 Å². The van der Waals surface area contributed by atoms with Gasteiger partial charge in [-0.2, -0.15) is 0 Å². The maximum Gasteiger partial charge on any atom is 0.0463 e. The van der Waals surface area contributed by atoms with E-state index in [1.54, 1.807) is 0 Å². The largest absolute Gasteiger partial charge is 0.355 e. The van der Waals surface area contributed by atoms with Gasteiger partial charge in [-0.25, -0.2) is 0 Å². The average Bonchev–Trinajstić information content (AvgIpc) is 3.37. The molecule has 0 spiro atoms. The van der Waals surface area contributed by atoms with Crippen molar-refractivity contribution in [2.75, 3.05) is 5.32 Å². The fraction of sp³-hybridized carbons (Fsp3) is 0.0638. The predicted molar refractivity (Wildman–Crippen MR) is 205 cm³/mol. The molecule has 0 saturated heterocycles. The first kappa shape index (κ1) is 29.5. The summed E-state index contributed by atoms with van der Waals surface area (Å²) in [7, 11) is 0. The van der Waals surface area contributed by atoms with Gasteiger partial charge in [0.05, 0.1) is 0 Å². The Labute approximate surface area is 283 Å². The Bertz CT molecular complexity index is 2260. The number of fused-ring (bicyclic) bond motifs is 3. The molecule has 1 heteroatoms. The van der Waals surface area contributed by atoms with Crippen LogP contribution in [0.25, 0.3) is 50.1 Å². The van der Waals surface area contributed by atoms with Crippen LogP contribution >= 0.6 is 0 Å². The summed E-state index contributed by atoms with van der Waals surface area (Å²) >= 11 is 0. The highest BCUT2D eigenvalue weighted by atomic mass is 14.9. The average molecular weight is 616 g/mol. The number of nitrogens with one attached hydrogen (secondary N) is 1. The van der Waals surface area contributed by atoms with Crippen LogP contribution in [-0.4, -0.2) is 0 Å². The molecule has 0 radical (unpaired) electrons. The zero-order valence-electron chi connectivity index (χ0n) is 27.4. The number of para-hydroxylation sites is 1. The van der Waals surface area contributed by atoms with Crippen molar-refractivity contribution in [3.05, 3.63) is 199 Å². The summed E-state index contributed by atoms with van der Waals surface area (Å²) in [6.45, 7) is 9.22. The van der Waals surface area contributed by atoms with Gasteiger partial charge in [-0.15, -0.1) is 0 Å². The minimum absolute atomic E-state index is 0.145. The van der Waals surface area contributed by atoms with Crippen LogP contribution in [-0.2, 0) is 5.41 Å². The van der Waals surface area contributed by atoms with Gasteiger partial charge in [0.25, 0.3) is 0 Å². The molecular weight excluding hydrogens is 579 g/mol. The van der Waals surface area contributed by atoms with Crippen molar-refractivity contribution >= 4 is 16.9 Å².